The maximum Gasteiger partial charge on any atom is 0.293 e. The number of hydrogen-bond donors (Lipinski definition) is 1. The van der Waals surface area contributed by atoms with Crippen molar-refractivity contribution in [1.29, 1.82) is 0 Å². The van der Waals surface area contributed by atoms with E-state index in [4.69, 9.17) is 11.6 Å². The van der Waals surface area contributed by atoms with Gasteiger partial charge in [0.15, 0.2) is 0 Å². The quantitative estimate of drug-likeness (QED) is 0.623. The summed E-state index contributed by atoms with van der Waals surface area (Å²) in [5.74, 6) is -0.264. The van der Waals surface area contributed by atoms with Gasteiger partial charge in [-0.15, -0.1) is 11.3 Å². The number of carbonyl (C=O) groups is 1. The molecule has 0 bridgehead atoms. The summed E-state index contributed by atoms with van der Waals surface area (Å²) in [5.41, 5.74) is 0.695. The molecule has 1 N–H and O–H groups in total. The van der Waals surface area contributed by atoms with Crippen LogP contribution < -0.4 is 10.2 Å². The van der Waals surface area contributed by atoms with Crippen molar-refractivity contribution in [1.82, 2.24) is 5.32 Å². The van der Waals surface area contributed by atoms with Gasteiger partial charge in [0.2, 0.25) is 0 Å². The summed E-state index contributed by atoms with van der Waals surface area (Å²) in [7, 11) is 1.78. The second-order valence-corrected chi connectivity index (χ2v) is 7.57. The van der Waals surface area contributed by atoms with Crippen molar-refractivity contribution < 1.29 is 9.72 Å². The standard InChI is InChI=1S/C16H16ClN3O3S/c1-19(9-12-5-7-15(17)24-12)13-6-2-10(8-14(13)20(22)23)16(21)18-11-3-4-11/h2,5-8,11H,3-4,9H2,1H3,(H,18,21). The molecule has 0 radical (unpaired) electrons. The third-order valence-electron chi connectivity index (χ3n) is 3.78. The Hall–Kier alpha value is -2.12. The van der Waals surface area contributed by atoms with Gasteiger partial charge in [-0.1, -0.05) is 11.6 Å². The number of amides is 1. The minimum atomic E-state index is -0.457. The van der Waals surface area contributed by atoms with Gasteiger partial charge in [0.1, 0.15) is 5.69 Å². The van der Waals surface area contributed by atoms with E-state index in [2.05, 4.69) is 5.32 Å². The predicted octanol–water partition coefficient (Wildman–Crippen LogP) is 3.84. The summed E-state index contributed by atoms with van der Waals surface area (Å²) in [5, 5.41) is 14.3. The van der Waals surface area contributed by atoms with Crippen LogP contribution in [-0.4, -0.2) is 23.9 Å². The molecule has 24 heavy (non-hydrogen) atoms. The molecule has 2 aromatic rings. The van der Waals surface area contributed by atoms with Crippen LogP contribution in [0.3, 0.4) is 0 Å². The van der Waals surface area contributed by atoms with Crippen LogP contribution in [0.15, 0.2) is 30.3 Å². The highest BCUT2D eigenvalue weighted by Gasteiger charge is 2.26. The van der Waals surface area contributed by atoms with Crippen molar-refractivity contribution in [3.8, 4) is 0 Å². The van der Waals surface area contributed by atoms with Gasteiger partial charge < -0.3 is 10.2 Å². The number of carbonyl (C=O) groups excluding carboxylic acids is 1. The molecular formula is C16H16ClN3O3S. The Balaban J connectivity index is 1.83. The molecule has 0 atom stereocenters. The fourth-order valence-electron chi connectivity index (χ4n) is 2.39. The first kappa shape index (κ1) is 16.7. The molecule has 8 heteroatoms. The number of thiophene rings is 1. The average molecular weight is 366 g/mol. The third-order valence-corrected chi connectivity index (χ3v) is 5.00. The number of anilines is 1. The zero-order chi connectivity index (χ0) is 17.3. The van der Waals surface area contributed by atoms with Gasteiger partial charge in [0.25, 0.3) is 11.6 Å². The third kappa shape index (κ3) is 3.85. The molecule has 1 heterocycles. The smallest absolute Gasteiger partial charge is 0.293 e. The van der Waals surface area contributed by atoms with Gasteiger partial charge in [0.05, 0.1) is 15.8 Å². The van der Waals surface area contributed by atoms with Crippen molar-refractivity contribution in [2.75, 3.05) is 11.9 Å². The minimum Gasteiger partial charge on any atom is -0.364 e. The van der Waals surface area contributed by atoms with Crippen LogP contribution in [0.1, 0.15) is 28.1 Å². The monoisotopic (exact) mass is 365 g/mol. The molecule has 0 unspecified atom stereocenters. The Bertz CT molecular complexity index is 789. The topological polar surface area (TPSA) is 75.5 Å². The fourth-order valence-corrected chi connectivity index (χ4v) is 3.53. The molecule has 1 saturated carbocycles. The van der Waals surface area contributed by atoms with E-state index >= 15 is 0 Å². The lowest BCUT2D eigenvalue weighted by Crippen LogP contribution is -2.25. The summed E-state index contributed by atoms with van der Waals surface area (Å²) in [4.78, 5) is 25.8. The average Bonchev–Trinajstić information content (AvgIpc) is 3.27. The molecule has 0 saturated heterocycles. The van der Waals surface area contributed by atoms with Gasteiger partial charge in [-0.05, 0) is 37.1 Å². The summed E-state index contributed by atoms with van der Waals surface area (Å²) < 4.78 is 0.681. The number of nitro groups is 1. The van der Waals surface area contributed by atoms with E-state index in [0.29, 0.717) is 22.1 Å². The molecular weight excluding hydrogens is 350 g/mol. The molecule has 0 aliphatic heterocycles. The first-order chi connectivity index (χ1) is 11.4. The second-order valence-electron chi connectivity index (χ2n) is 5.77. The van der Waals surface area contributed by atoms with E-state index in [0.717, 1.165) is 17.7 Å². The Kier molecular flexibility index (Phi) is 4.73. The predicted molar refractivity (Wildman–Crippen MR) is 95.0 cm³/mol. The number of benzene rings is 1. The molecule has 0 spiro atoms. The zero-order valence-corrected chi connectivity index (χ0v) is 14.6. The minimum absolute atomic E-state index is 0.0800. The lowest BCUT2D eigenvalue weighted by molar-refractivity contribution is -0.384. The van der Waals surface area contributed by atoms with Crippen LogP contribution >= 0.6 is 22.9 Å². The highest BCUT2D eigenvalue weighted by atomic mass is 35.5. The molecule has 1 amide bonds. The summed E-state index contributed by atoms with van der Waals surface area (Å²) >= 11 is 7.36. The van der Waals surface area contributed by atoms with Gasteiger partial charge in [0, 0.05) is 29.6 Å². The largest absolute Gasteiger partial charge is 0.364 e. The Morgan fingerprint density at radius 2 is 2.17 bits per heavy atom. The zero-order valence-electron chi connectivity index (χ0n) is 13.0. The van der Waals surface area contributed by atoms with Gasteiger partial charge in [-0.25, -0.2) is 0 Å². The summed E-state index contributed by atoms with van der Waals surface area (Å²) in [6.07, 6.45) is 1.94. The van der Waals surface area contributed by atoms with Crippen LogP contribution in [-0.2, 0) is 6.54 Å². The molecule has 1 aliphatic rings. The second kappa shape index (κ2) is 6.78. The number of nitrogens with one attached hydrogen (secondary N) is 1. The van der Waals surface area contributed by atoms with Crippen molar-refractivity contribution in [3.05, 3.63) is 55.2 Å². The Morgan fingerprint density at radius 1 is 1.42 bits per heavy atom. The van der Waals surface area contributed by atoms with Crippen LogP contribution in [0.25, 0.3) is 0 Å². The van der Waals surface area contributed by atoms with Gasteiger partial charge >= 0.3 is 0 Å². The maximum atomic E-state index is 12.1. The molecule has 1 fully saturated rings. The number of hydrogen-bond acceptors (Lipinski definition) is 5. The van der Waals surface area contributed by atoms with Crippen LogP contribution in [0.2, 0.25) is 4.34 Å². The van der Waals surface area contributed by atoms with Crippen LogP contribution in [0.4, 0.5) is 11.4 Å². The maximum absolute atomic E-state index is 12.1. The number of halogens is 1. The first-order valence-electron chi connectivity index (χ1n) is 7.48. The van der Waals surface area contributed by atoms with E-state index in [9.17, 15) is 14.9 Å². The molecule has 1 aliphatic carbocycles. The highest BCUT2D eigenvalue weighted by molar-refractivity contribution is 7.16. The molecule has 1 aromatic heterocycles. The van der Waals surface area contributed by atoms with E-state index in [-0.39, 0.29) is 17.6 Å². The van der Waals surface area contributed by atoms with E-state index in [1.165, 1.54) is 17.4 Å². The summed E-state index contributed by atoms with van der Waals surface area (Å²) in [6, 6.07) is 8.49. The number of rotatable bonds is 6. The van der Waals surface area contributed by atoms with E-state index in [1.54, 1.807) is 30.1 Å². The lowest BCUT2D eigenvalue weighted by Gasteiger charge is -2.18. The van der Waals surface area contributed by atoms with Crippen LogP contribution in [0.5, 0.6) is 0 Å². The van der Waals surface area contributed by atoms with E-state index in [1.807, 2.05) is 6.07 Å². The van der Waals surface area contributed by atoms with Crippen molar-refractivity contribution in [2.24, 2.45) is 0 Å². The molecule has 3 rings (SSSR count). The highest BCUT2D eigenvalue weighted by Crippen LogP contribution is 2.31. The van der Waals surface area contributed by atoms with Crippen molar-refractivity contribution >= 4 is 40.2 Å². The lowest BCUT2D eigenvalue weighted by atomic mass is 10.1. The Labute approximate surface area is 148 Å². The van der Waals surface area contributed by atoms with Gasteiger partial charge in [-0.2, -0.15) is 0 Å². The van der Waals surface area contributed by atoms with Crippen molar-refractivity contribution in [2.45, 2.75) is 25.4 Å². The molecule has 126 valence electrons. The van der Waals surface area contributed by atoms with Crippen LogP contribution in [0, 0.1) is 10.1 Å². The van der Waals surface area contributed by atoms with Crippen molar-refractivity contribution in [3.63, 3.8) is 0 Å². The number of nitro benzene ring substituents is 1. The van der Waals surface area contributed by atoms with Gasteiger partial charge in [-0.3, -0.25) is 14.9 Å². The Morgan fingerprint density at radius 3 is 2.75 bits per heavy atom. The molecule has 1 aromatic carbocycles. The fraction of sp³-hybridized carbons (Fsp3) is 0.312. The normalized spacial score (nSPS) is 13.6. The SMILES string of the molecule is CN(Cc1ccc(Cl)s1)c1ccc(C(=O)NC2CC2)cc1[N+](=O)[O-]. The summed E-state index contributed by atoms with van der Waals surface area (Å²) in [6.45, 7) is 0.506. The number of nitrogens with zero attached hydrogens (tertiary/aromatic N) is 2. The molecule has 6 nitrogen and oxygen atoms in total. The van der Waals surface area contributed by atoms with E-state index < -0.39 is 4.92 Å². The first-order valence-corrected chi connectivity index (χ1v) is 8.68.